The number of aldehydes is 1. The first-order valence-electron chi connectivity index (χ1n) is 4.23. The van der Waals surface area contributed by atoms with Crippen LogP contribution in [0.25, 0.3) is 6.08 Å². The van der Waals surface area contributed by atoms with Crippen LogP contribution in [0.4, 0.5) is 8.78 Å². The lowest BCUT2D eigenvalue weighted by atomic mass is 9.96. The van der Waals surface area contributed by atoms with E-state index in [1.807, 2.05) is 0 Å². The fraction of sp³-hybridized carbons (Fsp3) is 0.100. The first-order chi connectivity index (χ1) is 7.46. The number of fused-ring (bicyclic) bond motifs is 1. The minimum Gasteiger partial charge on any atom is -0.298 e. The lowest BCUT2D eigenvalue weighted by Crippen LogP contribution is -2.28. The number of nitrogens with zero attached hydrogens (tertiary/aromatic N) is 1. The molecule has 0 bridgehead atoms. The number of alkyl halides is 2. The molecule has 1 aliphatic carbocycles. The Hall–Kier alpha value is -1.62. The van der Waals surface area contributed by atoms with Gasteiger partial charge in [-0.1, -0.05) is 11.6 Å². The molecule has 0 radical (unpaired) electrons. The minimum absolute atomic E-state index is 0.0970. The van der Waals surface area contributed by atoms with Crippen molar-refractivity contribution >= 4 is 29.7 Å². The van der Waals surface area contributed by atoms with Crippen LogP contribution in [0, 0.1) is 0 Å². The third kappa shape index (κ3) is 1.44. The van der Waals surface area contributed by atoms with Crippen LogP contribution in [0.15, 0.2) is 12.1 Å². The van der Waals surface area contributed by atoms with Crippen molar-refractivity contribution < 1.29 is 18.4 Å². The lowest BCUT2D eigenvalue weighted by molar-refractivity contribution is -0.139. The predicted octanol–water partition coefficient (Wildman–Crippen LogP) is 2.24. The van der Waals surface area contributed by atoms with E-state index in [2.05, 4.69) is 4.98 Å². The molecular weight excluding hydrogens is 240 g/mol. The molecule has 0 aromatic carbocycles. The summed E-state index contributed by atoms with van der Waals surface area (Å²) in [6.45, 7) is 0. The summed E-state index contributed by atoms with van der Waals surface area (Å²) < 4.78 is 26.9. The number of carbonyl (C=O) groups is 2. The van der Waals surface area contributed by atoms with Crippen molar-refractivity contribution in [2.75, 3.05) is 0 Å². The molecule has 16 heavy (non-hydrogen) atoms. The van der Waals surface area contributed by atoms with Gasteiger partial charge >= 0.3 is 5.92 Å². The van der Waals surface area contributed by atoms with Gasteiger partial charge in [0.1, 0.15) is 5.15 Å². The van der Waals surface area contributed by atoms with Crippen molar-refractivity contribution in [2.45, 2.75) is 5.92 Å². The summed E-state index contributed by atoms with van der Waals surface area (Å²) in [5.74, 6) is -4.99. The Labute approximate surface area is 93.7 Å². The molecule has 1 aromatic heterocycles. The van der Waals surface area contributed by atoms with Gasteiger partial charge in [0, 0.05) is 0 Å². The highest BCUT2D eigenvalue weighted by Crippen LogP contribution is 2.36. The Morgan fingerprint density at radius 2 is 2.06 bits per heavy atom. The standard InChI is InChI=1S/C10H4ClF2NO2/c11-9-5(4-15)3-6-7(14-9)1-2-8(16)10(6,12)13/h1-4H. The summed E-state index contributed by atoms with van der Waals surface area (Å²) in [6, 6.07) is 0.888. The molecule has 0 spiro atoms. The van der Waals surface area contributed by atoms with Crippen LogP contribution >= 0.6 is 11.6 Å². The van der Waals surface area contributed by atoms with E-state index in [-0.39, 0.29) is 16.4 Å². The molecule has 82 valence electrons. The van der Waals surface area contributed by atoms with Crippen LogP contribution in [0.3, 0.4) is 0 Å². The molecule has 0 saturated carbocycles. The molecular formula is C10H4ClF2NO2. The molecule has 1 aliphatic rings. The molecule has 0 amide bonds. The Morgan fingerprint density at radius 3 is 2.69 bits per heavy atom. The van der Waals surface area contributed by atoms with Crippen molar-refractivity contribution in [3.63, 3.8) is 0 Å². The van der Waals surface area contributed by atoms with Crippen LogP contribution in [0.2, 0.25) is 5.15 Å². The number of ketones is 1. The van der Waals surface area contributed by atoms with Crippen molar-refractivity contribution in [1.82, 2.24) is 4.98 Å². The average molecular weight is 244 g/mol. The smallest absolute Gasteiger partial charge is 0.298 e. The van der Waals surface area contributed by atoms with Gasteiger partial charge in [-0.15, -0.1) is 0 Å². The lowest BCUT2D eigenvalue weighted by Gasteiger charge is -2.19. The van der Waals surface area contributed by atoms with Crippen molar-refractivity contribution in [3.05, 3.63) is 34.1 Å². The van der Waals surface area contributed by atoms with Gasteiger partial charge in [0.25, 0.3) is 0 Å². The monoisotopic (exact) mass is 243 g/mol. The summed E-state index contributed by atoms with van der Waals surface area (Å²) in [6.07, 6.45) is 2.20. The molecule has 2 rings (SSSR count). The average Bonchev–Trinajstić information content (AvgIpc) is 2.23. The molecule has 0 N–H and O–H groups in total. The minimum atomic E-state index is -3.65. The SMILES string of the molecule is O=Cc1cc2c(nc1Cl)C=CC(=O)C2(F)F. The Balaban J connectivity index is 2.73. The van der Waals surface area contributed by atoms with Crippen molar-refractivity contribution in [3.8, 4) is 0 Å². The largest absolute Gasteiger partial charge is 0.336 e. The van der Waals surface area contributed by atoms with Gasteiger partial charge in [-0.3, -0.25) is 9.59 Å². The number of hydrogen-bond donors (Lipinski definition) is 0. The highest BCUT2D eigenvalue weighted by molar-refractivity contribution is 6.31. The maximum atomic E-state index is 13.4. The van der Waals surface area contributed by atoms with Gasteiger partial charge in [-0.05, 0) is 18.2 Å². The molecule has 1 aromatic rings. The Bertz CT molecular complexity index is 526. The molecule has 0 fully saturated rings. The first kappa shape index (κ1) is 10.9. The van der Waals surface area contributed by atoms with E-state index in [0.717, 1.165) is 18.2 Å². The van der Waals surface area contributed by atoms with Crippen molar-refractivity contribution in [1.29, 1.82) is 0 Å². The molecule has 6 heteroatoms. The molecule has 0 aliphatic heterocycles. The zero-order valence-corrected chi connectivity index (χ0v) is 8.46. The third-order valence-corrected chi connectivity index (χ3v) is 2.50. The highest BCUT2D eigenvalue weighted by atomic mass is 35.5. The molecule has 0 saturated heterocycles. The number of carbonyl (C=O) groups excluding carboxylic acids is 2. The number of rotatable bonds is 1. The van der Waals surface area contributed by atoms with Gasteiger partial charge in [-0.2, -0.15) is 8.78 Å². The number of aromatic nitrogens is 1. The van der Waals surface area contributed by atoms with Crippen LogP contribution in [0.1, 0.15) is 21.6 Å². The molecule has 0 unspecified atom stereocenters. The molecule has 3 nitrogen and oxygen atoms in total. The Kier molecular flexibility index (Phi) is 2.35. The normalized spacial score (nSPS) is 17.1. The van der Waals surface area contributed by atoms with E-state index in [1.165, 1.54) is 0 Å². The van der Waals surface area contributed by atoms with Gasteiger partial charge in [0.05, 0.1) is 16.8 Å². The second kappa shape index (κ2) is 3.45. The zero-order valence-electron chi connectivity index (χ0n) is 7.71. The van der Waals surface area contributed by atoms with E-state index in [1.54, 1.807) is 0 Å². The fourth-order valence-corrected chi connectivity index (χ4v) is 1.56. The topological polar surface area (TPSA) is 47.0 Å². The van der Waals surface area contributed by atoms with Crippen LogP contribution in [-0.4, -0.2) is 17.1 Å². The quantitative estimate of drug-likeness (QED) is 0.561. The van der Waals surface area contributed by atoms with Crippen molar-refractivity contribution in [2.24, 2.45) is 0 Å². The zero-order chi connectivity index (χ0) is 11.9. The third-order valence-electron chi connectivity index (χ3n) is 2.20. The number of hydrogen-bond acceptors (Lipinski definition) is 3. The maximum Gasteiger partial charge on any atom is 0.336 e. The van der Waals surface area contributed by atoms with E-state index in [9.17, 15) is 18.4 Å². The number of allylic oxidation sites excluding steroid dienone is 1. The Morgan fingerprint density at radius 1 is 1.38 bits per heavy atom. The van der Waals surface area contributed by atoms with Crippen LogP contribution < -0.4 is 0 Å². The summed E-state index contributed by atoms with van der Waals surface area (Å²) in [4.78, 5) is 25.1. The fourth-order valence-electron chi connectivity index (χ4n) is 1.37. The second-order valence-electron chi connectivity index (χ2n) is 3.19. The van der Waals surface area contributed by atoms with E-state index in [0.29, 0.717) is 6.29 Å². The van der Waals surface area contributed by atoms with Crippen LogP contribution in [0.5, 0.6) is 0 Å². The van der Waals surface area contributed by atoms with E-state index >= 15 is 0 Å². The van der Waals surface area contributed by atoms with Gasteiger partial charge in [0.2, 0.25) is 5.78 Å². The molecule has 1 heterocycles. The molecule has 0 atom stereocenters. The summed E-state index contributed by atoms with van der Waals surface area (Å²) in [5.41, 5.74) is -0.852. The van der Waals surface area contributed by atoms with Crippen LogP contribution in [-0.2, 0) is 10.7 Å². The summed E-state index contributed by atoms with van der Waals surface area (Å²) >= 11 is 5.58. The predicted molar refractivity (Wildman–Crippen MR) is 52.6 cm³/mol. The first-order valence-corrected chi connectivity index (χ1v) is 4.61. The highest BCUT2D eigenvalue weighted by Gasteiger charge is 2.43. The van der Waals surface area contributed by atoms with Gasteiger partial charge in [0.15, 0.2) is 6.29 Å². The summed E-state index contributed by atoms with van der Waals surface area (Å²) in [5, 5.41) is -0.163. The number of halogens is 3. The van der Waals surface area contributed by atoms with Gasteiger partial charge in [-0.25, -0.2) is 4.98 Å². The maximum absolute atomic E-state index is 13.4. The summed E-state index contributed by atoms with van der Waals surface area (Å²) in [7, 11) is 0. The number of pyridine rings is 1. The van der Waals surface area contributed by atoms with Gasteiger partial charge < -0.3 is 0 Å². The van der Waals surface area contributed by atoms with E-state index < -0.39 is 17.3 Å². The second-order valence-corrected chi connectivity index (χ2v) is 3.55. The van der Waals surface area contributed by atoms with E-state index in [4.69, 9.17) is 11.6 Å².